The highest BCUT2D eigenvalue weighted by molar-refractivity contribution is 8.49. The van der Waals surface area contributed by atoms with Gasteiger partial charge in [-0.25, -0.2) is 0 Å². The molecular weight excluding hydrogens is 405 g/mol. The molecule has 1 unspecified atom stereocenters. The second-order valence-electron chi connectivity index (χ2n) is 5.68. The Kier molecular flexibility index (Phi) is 5.19. The molecule has 2 heterocycles. The molecule has 2 aromatic carbocycles. The number of hydrogen-bond donors (Lipinski definition) is 2. The number of rotatable bonds is 6. The van der Waals surface area contributed by atoms with Crippen LogP contribution in [0.25, 0.3) is 5.70 Å². The molecule has 2 N–H and O–H groups in total. The third-order valence-electron chi connectivity index (χ3n) is 4.16. The van der Waals surface area contributed by atoms with Gasteiger partial charge in [0.15, 0.2) is 22.9 Å². The number of benzene rings is 2. The second kappa shape index (κ2) is 7.76. The van der Waals surface area contributed by atoms with Gasteiger partial charge < -0.3 is 29.3 Å². The van der Waals surface area contributed by atoms with Crippen LogP contribution in [0.5, 0.6) is 23.0 Å². The molecule has 0 aromatic heterocycles. The van der Waals surface area contributed by atoms with Gasteiger partial charge in [-0.05, 0) is 18.2 Å². The van der Waals surface area contributed by atoms with Crippen LogP contribution in [0.3, 0.4) is 0 Å². The largest absolute Gasteiger partial charge is 0.584 e. The quantitative estimate of drug-likeness (QED) is 0.676. The van der Waals surface area contributed by atoms with Crippen molar-refractivity contribution in [3.8, 4) is 23.0 Å². The molecule has 0 amide bonds. The Balaban J connectivity index is 1.71. The molecule has 0 saturated heterocycles. The van der Waals surface area contributed by atoms with Gasteiger partial charge in [0.1, 0.15) is 10.6 Å². The van der Waals surface area contributed by atoms with E-state index >= 15 is 0 Å². The van der Waals surface area contributed by atoms with Crippen LogP contribution >= 0.6 is 18.6 Å². The van der Waals surface area contributed by atoms with E-state index in [0.29, 0.717) is 27.9 Å². The lowest BCUT2D eigenvalue weighted by atomic mass is 10.1. The van der Waals surface area contributed by atoms with Crippen molar-refractivity contribution in [1.82, 2.24) is 11.0 Å². The van der Waals surface area contributed by atoms with Crippen molar-refractivity contribution in [3.05, 3.63) is 42.1 Å². The van der Waals surface area contributed by atoms with E-state index in [1.165, 1.54) is 7.11 Å². The van der Waals surface area contributed by atoms with E-state index in [2.05, 4.69) is 11.0 Å². The summed E-state index contributed by atoms with van der Waals surface area (Å²) in [6.45, 7) is 0.135. The molecule has 0 saturated carbocycles. The average molecular weight is 421 g/mol. The van der Waals surface area contributed by atoms with Gasteiger partial charge in [-0.2, -0.15) is 0 Å². The Labute approximate surface area is 165 Å². The first kappa shape index (κ1) is 18.7. The first-order valence-corrected chi connectivity index (χ1v) is 10.7. The molecule has 2 aliphatic rings. The van der Waals surface area contributed by atoms with E-state index in [0.717, 1.165) is 28.3 Å². The molecular formula is C17H16N3O6PS. The molecule has 0 fully saturated rings. The minimum atomic E-state index is -2.66. The molecule has 0 spiro atoms. The number of hydrogen-bond acceptors (Lipinski definition) is 10. The van der Waals surface area contributed by atoms with Crippen molar-refractivity contribution in [1.29, 1.82) is 0 Å². The van der Waals surface area contributed by atoms with Crippen molar-refractivity contribution < 1.29 is 28.4 Å². The second-order valence-corrected chi connectivity index (χ2v) is 8.20. The van der Waals surface area contributed by atoms with E-state index in [-0.39, 0.29) is 6.79 Å². The maximum absolute atomic E-state index is 11.2. The summed E-state index contributed by atoms with van der Waals surface area (Å²) in [5.74, 6) is 2.18. The summed E-state index contributed by atoms with van der Waals surface area (Å²) in [5.41, 5.74) is 8.29. The Morgan fingerprint density at radius 1 is 1.18 bits per heavy atom. The standard InChI is InChI=1S/C17H16N3O6PS/c1-23-13-4-3-10(5-16(13)28-27(21)22)12-8-18-19-20(12)11-6-14(24-2)17-15(7-11)25-9-26-17/h3-8,18-19H,9H2,1-2H3. The SMILES string of the molecule is COc1ccc(C2=CNNN2c2cc(OC)c3c(c2)OCO3)cc1S[P+](=O)[O-]. The summed E-state index contributed by atoms with van der Waals surface area (Å²) in [4.78, 5) is 11.7. The van der Waals surface area contributed by atoms with Gasteiger partial charge in [-0.3, -0.25) is 5.01 Å². The molecule has 9 nitrogen and oxygen atoms in total. The normalized spacial score (nSPS) is 15.2. The molecule has 28 heavy (non-hydrogen) atoms. The smallest absolute Gasteiger partial charge is 0.389 e. The summed E-state index contributed by atoms with van der Waals surface area (Å²) in [5, 5.41) is 1.79. The highest BCUT2D eigenvalue weighted by Crippen LogP contribution is 2.46. The third-order valence-corrected chi connectivity index (χ3v) is 5.86. The lowest BCUT2D eigenvalue weighted by Gasteiger charge is -2.22. The monoisotopic (exact) mass is 421 g/mol. The number of ether oxygens (including phenoxy) is 4. The Morgan fingerprint density at radius 3 is 2.75 bits per heavy atom. The van der Waals surface area contributed by atoms with Gasteiger partial charge in [0.25, 0.3) is 0 Å². The van der Waals surface area contributed by atoms with Crippen molar-refractivity contribution in [2.24, 2.45) is 0 Å². The van der Waals surface area contributed by atoms with Crippen molar-refractivity contribution in [2.45, 2.75) is 4.90 Å². The highest BCUT2D eigenvalue weighted by Gasteiger charge is 2.26. The van der Waals surface area contributed by atoms with Crippen LogP contribution < -0.4 is 39.8 Å². The van der Waals surface area contributed by atoms with Gasteiger partial charge in [0.05, 0.1) is 25.6 Å². The molecule has 11 heteroatoms. The fraction of sp³-hybridized carbons (Fsp3) is 0.176. The zero-order chi connectivity index (χ0) is 19.7. The van der Waals surface area contributed by atoms with Crippen LogP contribution in [-0.4, -0.2) is 21.0 Å². The van der Waals surface area contributed by atoms with Crippen LogP contribution in [0.15, 0.2) is 41.4 Å². The molecule has 146 valence electrons. The minimum Gasteiger partial charge on any atom is -0.584 e. The van der Waals surface area contributed by atoms with E-state index in [1.54, 1.807) is 30.5 Å². The number of anilines is 1. The summed E-state index contributed by atoms with van der Waals surface area (Å²) >= 11 is 0.728. The summed E-state index contributed by atoms with van der Waals surface area (Å²) < 4.78 is 32.8. The Bertz CT molecular complexity index is 970. The van der Waals surface area contributed by atoms with Gasteiger partial charge in [0.2, 0.25) is 12.5 Å². The zero-order valence-electron chi connectivity index (χ0n) is 14.9. The van der Waals surface area contributed by atoms with E-state index in [9.17, 15) is 9.46 Å². The van der Waals surface area contributed by atoms with Crippen molar-refractivity contribution in [2.75, 3.05) is 26.0 Å². The topological polar surface area (TPSA) is 104 Å². The van der Waals surface area contributed by atoms with Crippen molar-refractivity contribution >= 4 is 30.0 Å². The summed E-state index contributed by atoms with van der Waals surface area (Å²) in [7, 11) is 0.397. The van der Waals surface area contributed by atoms with Crippen LogP contribution in [0.2, 0.25) is 0 Å². The van der Waals surface area contributed by atoms with Gasteiger partial charge in [-0.1, -0.05) is 4.57 Å². The molecule has 1 atom stereocenters. The highest BCUT2D eigenvalue weighted by atomic mass is 32.7. The number of methoxy groups -OCH3 is 2. The fourth-order valence-electron chi connectivity index (χ4n) is 2.94. The molecule has 0 aliphatic carbocycles. The Morgan fingerprint density at radius 2 is 2.00 bits per heavy atom. The lowest BCUT2D eigenvalue weighted by molar-refractivity contribution is -0.157. The number of fused-ring (bicyclic) bond motifs is 1. The zero-order valence-corrected chi connectivity index (χ0v) is 16.6. The molecule has 4 rings (SSSR count). The predicted octanol–water partition coefficient (Wildman–Crippen LogP) is 2.37. The van der Waals surface area contributed by atoms with Crippen LogP contribution in [0, 0.1) is 0 Å². The van der Waals surface area contributed by atoms with Gasteiger partial charge in [-0.15, -0.1) is 5.53 Å². The van der Waals surface area contributed by atoms with E-state index in [4.69, 9.17) is 18.9 Å². The van der Waals surface area contributed by atoms with Crippen LogP contribution in [-0.2, 0) is 4.57 Å². The third kappa shape index (κ3) is 3.43. The first-order valence-electron chi connectivity index (χ1n) is 8.10. The van der Waals surface area contributed by atoms with Crippen molar-refractivity contribution in [3.63, 3.8) is 0 Å². The van der Waals surface area contributed by atoms with Gasteiger partial charge >= 0.3 is 7.23 Å². The average Bonchev–Trinajstić information content (AvgIpc) is 3.35. The van der Waals surface area contributed by atoms with E-state index in [1.807, 2.05) is 18.2 Å². The number of nitrogens with one attached hydrogen (secondary N) is 2. The number of hydrazine groups is 2. The lowest BCUT2D eigenvalue weighted by Crippen LogP contribution is -2.37. The predicted molar refractivity (Wildman–Crippen MR) is 102 cm³/mol. The number of nitrogens with zero attached hydrogens (tertiary/aromatic N) is 1. The first-order chi connectivity index (χ1) is 13.6. The van der Waals surface area contributed by atoms with Crippen LogP contribution in [0.4, 0.5) is 5.69 Å². The molecule has 2 aliphatic heterocycles. The van der Waals surface area contributed by atoms with Crippen LogP contribution in [0.1, 0.15) is 5.56 Å². The Hall–Kier alpha value is -2.65. The molecule has 2 aromatic rings. The summed E-state index contributed by atoms with van der Waals surface area (Å²) in [6.07, 6.45) is 1.77. The maximum atomic E-state index is 11.2. The maximum Gasteiger partial charge on any atom is 0.389 e. The van der Waals surface area contributed by atoms with E-state index < -0.39 is 7.23 Å². The molecule has 0 radical (unpaired) electrons. The van der Waals surface area contributed by atoms with Gasteiger partial charge in [0, 0.05) is 23.9 Å². The minimum absolute atomic E-state index is 0.135. The molecule has 0 bridgehead atoms. The fourth-order valence-corrected chi connectivity index (χ4v) is 4.43. The summed E-state index contributed by atoms with van der Waals surface area (Å²) in [6, 6.07) is 8.97.